The molecule has 0 radical (unpaired) electrons. The summed E-state index contributed by atoms with van der Waals surface area (Å²) >= 11 is 9.54. The van der Waals surface area contributed by atoms with Crippen LogP contribution in [0.3, 0.4) is 0 Å². The molecular formula is C21H13BrClN3O4. The Morgan fingerprint density at radius 3 is 2.80 bits per heavy atom. The van der Waals surface area contributed by atoms with E-state index in [0.29, 0.717) is 38.8 Å². The van der Waals surface area contributed by atoms with E-state index in [1.165, 1.54) is 29.1 Å². The number of carboxylic acid groups (broad SMARTS) is 1. The van der Waals surface area contributed by atoms with Crippen LogP contribution in [0.15, 0.2) is 67.3 Å². The van der Waals surface area contributed by atoms with Crippen LogP contribution in [-0.4, -0.2) is 27.0 Å². The number of halogens is 2. The summed E-state index contributed by atoms with van der Waals surface area (Å²) in [6.07, 6.45) is 1.39. The molecule has 4 rings (SSSR count). The second-order valence-electron chi connectivity index (χ2n) is 6.38. The van der Waals surface area contributed by atoms with Crippen molar-refractivity contribution in [3.63, 3.8) is 0 Å². The van der Waals surface area contributed by atoms with Crippen molar-refractivity contribution in [2.24, 2.45) is 5.10 Å². The topological polar surface area (TPSA) is 97.7 Å². The smallest absolute Gasteiger partial charge is 0.335 e. The number of aromatic nitrogens is 2. The molecule has 0 aliphatic heterocycles. The minimum absolute atomic E-state index is 0.0941. The second kappa shape index (κ2) is 7.89. The molecule has 2 heterocycles. The third kappa shape index (κ3) is 3.79. The summed E-state index contributed by atoms with van der Waals surface area (Å²) < 4.78 is 7.68. The van der Waals surface area contributed by atoms with E-state index in [1.54, 1.807) is 31.2 Å². The molecule has 0 saturated carbocycles. The summed E-state index contributed by atoms with van der Waals surface area (Å²) in [5.74, 6) is 0.109. The van der Waals surface area contributed by atoms with E-state index in [4.69, 9.17) is 16.0 Å². The number of aryl methyl sites for hydroxylation is 1. The van der Waals surface area contributed by atoms with Crippen molar-refractivity contribution in [1.29, 1.82) is 0 Å². The normalized spacial score (nSPS) is 11.4. The van der Waals surface area contributed by atoms with Gasteiger partial charge in [0.1, 0.15) is 17.3 Å². The van der Waals surface area contributed by atoms with E-state index in [-0.39, 0.29) is 11.1 Å². The number of hydrogen-bond donors (Lipinski definition) is 1. The minimum atomic E-state index is -1.06. The zero-order valence-electron chi connectivity index (χ0n) is 15.5. The Kier molecular flexibility index (Phi) is 5.27. The lowest BCUT2D eigenvalue weighted by Gasteiger charge is -2.05. The lowest BCUT2D eigenvalue weighted by atomic mass is 10.1. The van der Waals surface area contributed by atoms with Crippen LogP contribution in [-0.2, 0) is 0 Å². The zero-order valence-corrected chi connectivity index (χ0v) is 17.8. The van der Waals surface area contributed by atoms with Crippen LogP contribution in [0.5, 0.6) is 0 Å². The summed E-state index contributed by atoms with van der Waals surface area (Å²) in [7, 11) is 0. The van der Waals surface area contributed by atoms with E-state index in [2.05, 4.69) is 26.0 Å². The Hall–Kier alpha value is -3.23. The first kappa shape index (κ1) is 20.1. The molecule has 0 bridgehead atoms. The maximum Gasteiger partial charge on any atom is 0.335 e. The number of fused-ring (bicyclic) bond motifs is 1. The first-order valence-electron chi connectivity index (χ1n) is 8.70. The molecule has 0 aliphatic carbocycles. The summed E-state index contributed by atoms with van der Waals surface area (Å²) in [6.45, 7) is 1.69. The van der Waals surface area contributed by atoms with Crippen LogP contribution >= 0.6 is 27.5 Å². The van der Waals surface area contributed by atoms with Crippen molar-refractivity contribution in [1.82, 2.24) is 9.66 Å². The van der Waals surface area contributed by atoms with Crippen molar-refractivity contribution in [3.8, 4) is 11.3 Å². The number of aromatic carboxylic acids is 1. The molecule has 30 heavy (non-hydrogen) atoms. The standard InChI is InChI=1S/C21H13BrClN3O4/c1-11-25-18-6-3-13(22)9-16(18)20(27)26(11)24-10-14-4-7-19(30-14)15-8-12(21(28)29)2-5-17(15)23/h2-10H,1H3,(H,28,29). The highest BCUT2D eigenvalue weighted by Gasteiger charge is 2.13. The van der Waals surface area contributed by atoms with E-state index in [9.17, 15) is 14.7 Å². The van der Waals surface area contributed by atoms with Gasteiger partial charge in [-0.05, 0) is 55.5 Å². The molecule has 0 saturated heterocycles. The van der Waals surface area contributed by atoms with Gasteiger partial charge >= 0.3 is 5.97 Å². The Morgan fingerprint density at radius 1 is 1.23 bits per heavy atom. The molecule has 7 nitrogen and oxygen atoms in total. The number of nitrogens with zero attached hydrogens (tertiary/aromatic N) is 3. The number of furan rings is 1. The minimum Gasteiger partial charge on any atom is -0.478 e. The summed E-state index contributed by atoms with van der Waals surface area (Å²) in [5, 5.41) is 14.2. The molecule has 0 unspecified atom stereocenters. The molecule has 1 N–H and O–H groups in total. The van der Waals surface area contributed by atoms with Gasteiger partial charge in [-0.25, -0.2) is 9.78 Å². The highest BCUT2D eigenvalue weighted by molar-refractivity contribution is 9.10. The predicted octanol–water partition coefficient (Wildman–Crippen LogP) is 4.96. The van der Waals surface area contributed by atoms with E-state index >= 15 is 0 Å². The van der Waals surface area contributed by atoms with Crippen LogP contribution in [0.2, 0.25) is 5.02 Å². The van der Waals surface area contributed by atoms with Crippen molar-refractivity contribution < 1.29 is 14.3 Å². The number of carboxylic acids is 1. The second-order valence-corrected chi connectivity index (χ2v) is 7.71. The Bertz CT molecular complexity index is 1390. The van der Waals surface area contributed by atoms with Crippen LogP contribution in [0.1, 0.15) is 21.9 Å². The van der Waals surface area contributed by atoms with Crippen LogP contribution < -0.4 is 5.56 Å². The van der Waals surface area contributed by atoms with Gasteiger partial charge in [0.05, 0.1) is 27.7 Å². The van der Waals surface area contributed by atoms with Gasteiger partial charge in [0.15, 0.2) is 0 Å². The van der Waals surface area contributed by atoms with Crippen molar-refractivity contribution in [2.45, 2.75) is 6.92 Å². The van der Waals surface area contributed by atoms with Crippen molar-refractivity contribution >= 4 is 50.6 Å². The molecule has 150 valence electrons. The Morgan fingerprint density at radius 2 is 2.03 bits per heavy atom. The number of rotatable bonds is 4. The number of benzene rings is 2. The predicted molar refractivity (Wildman–Crippen MR) is 118 cm³/mol. The van der Waals surface area contributed by atoms with Gasteiger partial charge in [-0.1, -0.05) is 27.5 Å². The Labute approximate surface area is 183 Å². The monoisotopic (exact) mass is 485 g/mol. The van der Waals surface area contributed by atoms with E-state index < -0.39 is 5.97 Å². The first-order valence-corrected chi connectivity index (χ1v) is 9.87. The fourth-order valence-corrected chi connectivity index (χ4v) is 3.50. The zero-order chi connectivity index (χ0) is 21.4. The first-order chi connectivity index (χ1) is 14.3. The van der Waals surface area contributed by atoms with Crippen molar-refractivity contribution in [2.75, 3.05) is 0 Å². The summed E-state index contributed by atoms with van der Waals surface area (Å²) in [4.78, 5) is 28.4. The highest BCUT2D eigenvalue weighted by atomic mass is 79.9. The molecule has 2 aromatic carbocycles. The SMILES string of the molecule is Cc1nc2ccc(Br)cc2c(=O)n1N=Cc1ccc(-c2cc(C(=O)O)ccc2Cl)o1. The van der Waals surface area contributed by atoms with Crippen molar-refractivity contribution in [3.05, 3.63) is 85.5 Å². The summed E-state index contributed by atoms with van der Waals surface area (Å²) in [6, 6.07) is 12.9. The molecule has 4 aromatic rings. The van der Waals surface area contributed by atoms with Gasteiger partial charge in [0.2, 0.25) is 0 Å². The van der Waals surface area contributed by atoms with E-state index in [1.807, 2.05) is 6.07 Å². The number of hydrogen-bond acceptors (Lipinski definition) is 5. The third-order valence-electron chi connectivity index (χ3n) is 4.38. The maximum absolute atomic E-state index is 12.8. The molecule has 0 atom stereocenters. The van der Waals surface area contributed by atoms with Gasteiger partial charge in [0, 0.05) is 10.0 Å². The quantitative estimate of drug-likeness (QED) is 0.411. The number of carbonyl (C=O) groups is 1. The van der Waals surface area contributed by atoms with E-state index in [0.717, 1.165) is 4.47 Å². The van der Waals surface area contributed by atoms with Gasteiger partial charge in [-0.3, -0.25) is 4.79 Å². The van der Waals surface area contributed by atoms with Crippen LogP contribution in [0.25, 0.3) is 22.2 Å². The van der Waals surface area contributed by atoms with Crippen LogP contribution in [0.4, 0.5) is 0 Å². The van der Waals surface area contributed by atoms with Gasteiger partial charge in [-0.2, -0.15) is 9.78 Å². The molecule has 9 heteroatoms. The van der Waals surface area contributed by atoms with Gasteiger partial charge in [-0.15, -0.1) is 0 Å². The molecule has 0 fully saturated rings. The fraction of sp³-hybridized carbons (Fsp3) is 0.0476. The average molecular weight is 487 g/mol. The molecule has 0 amide bonds. The molecule has 2 aromatic heterocycles. The Balaban J connectivity index is 1.71. The lowest BCUT2D eigenvalue weighted by Crippen LogP contribution is -2.20. The highest BCUT2D eigenvalue weighted by Crippen LogP contribution is 2.30. The van der Waals surface area contributed by atoms with Gasteiger partial charge in [0.25, 0.3) is 5.56 Å². The molecular weight excluding hydrogens is 474 g/mol. The van der Waals surface area contributed by atoms with Crippen LogP contribution in [0, 0.1) is 6.92 Å². The third-order valence-corrected chi connectivity index (χ3v) is 5.20. The maximum atomic E-state index is 12.8. The summed E-state index contributed by atoms with van der Waals surface area (Å²) in [5.41, 5.74) is 0.817. The molecule has 0 aliphatic rings. The van der Waals surface area contributed by atoms with Gasteiger partial charge < -0.3 is 9.52 Å². The largest absolute Gasteiger partial charge is 0.478 e. The fourth-order valence-electron chi connectivity index (χ4n) is 2.92. The molecule has 0 spiro atoms. The lowest BCUT2D eigenvalue weighted by molar-refractivity contribution is 0.0697. The average Bonchev–Trinajstić information content (AvgIpc) is 3.17.